The van der Waals surface area contributed by atoms with Crippen molar-refractivity contribution in [2.75, 3.05) is 46.0 Å². The second kappa shape index (κ2) is 10.7. The second-order valence-electron chi connectivity index (χ2n) is 6.71. The van der Waals surface area contributed by atoms with E-state index in [0.29, 0.717) is 19.0 Å². The maximum absolute atomic E-state index is 12.3. The Morgan fingerprint density at radius 1 is 1.24 bits per heavy atom. The fraction of sp³-hybridized carbons (Fsp3) is 0.500. The molecule has 2 N–H and O–H groups in total. The predicted molar refractivity (Wildman–Crippen MR) is 108 cm³/mol. The van der Waals surface area contributed by atoms with Crippen LogP contribution in [0, 0.1) is 0 Å². The van der Waals surface area contributed by atoms with Gasteiger partial charge in [-0.15, -0.1) is 10.2 Å². The Kier molecular flexibility index (Phi) is 7.71. The predicted octanol–water partition coefficient (Wildman–Crippen LogP) is 0.612. The van der Waals surface area contributed by atoms with Crippen LogP contribution in [0.25, 0.3) is 11.4 Å². The number of morpholine rings is 1. The third kappa shape index (κ3) is 6.37. The van der Waals surface area contributed by atoms with Gasteiger partial charge in [0.15, 0.2) is 5.82 Å². The number of hydrogen-bond acceptors (Lipinski definition) is 7. The first-order valence-corrected chi connectivity index (χ1v) is 9.91. The number of carbonyl (C=O) groups excluding carboxylic acids is 1. The van der Waals surface area contributed by atoms with Crippen LogP contribution in [0.2, 0.25) is 0 Å². The molecule has 0 unspecified atom stereocenters. The van der Waals surface area contributed by atoms with Gasteiger partial charge in [0.1, 0.15) is 11.4 Å². The average molecular weight is 401 g/mol. The van der Waals surface area contributed by atoms with Crippen LogP contribution in [0.15, 0.2) is 29.1 Å². The SMILES string of the molecule is CCOc1ccc(-c2nnc(CCC(=O)NCCN3CCOCC3)c(=O)[nH]2)cc1. The van der Waals surface area contributed by atoms with Gasteiger partial charge in [-0.3, -0.25) is 14.5 Å². The highest BCUT2D eigenvalue weighted by Gasteiger charge is 2.12. The fourth-order valence-electron chi connectivity index (χ4n) is 3.03. The van der Waals surface area contributed by atoms with Gasteiger partial charge in [0.05, 0.1) is 19.8 Å². The summed E-state index contributed by atoms with van der Waals surface area (Å²) in [7, 11) is 0. The van der Waals surface area contributed by atoms with Gasteiger partial charge in [-0.2, -0.15) is 0 Å². The molecule has 2 heterocycles. The molecule has 1 aromatic heterocycles. The first kappa shape index (κ1) is 20.9. The number of H-pyrrole nitrogens is 1. The van der Waals surface area contributed by atoms with Crippen molar-refractivity contribution in [3.8, 4) is 17.1 Å². The Morgan fingerprint density at radius 3 is 2.69 bits per heavy atom. The molecule has 0 radical (unpaired) electrons. The van der Waals surface area contributed by atoms with Gasteiger partial charge in [0.25, 0.3) is 5.56 Å². The number of ether oxygens (including phenoxy) is 2. The maximum Gasteiger partial charge on any atom is 0.273 e. The second-order valence-corrected chi connectivity index (χ2v) is 6.71. The number of aromatic amines is 1. The standard InChI is InChI=1S/C20H27N5O4/c1-2-29-16-5-3-15(4-6-16)19-22-20(27)17(23-24-19)7-8-18(26)21-9-10-25-11-13-28-14-12-25/h3-6H,2,7-14H2,1H3,(H,21,26)(H,22,24,27). The molecule has 156 valence electrons. The van der Waals surface area contributed by atoms with Crippen molar-refractivity contribution >= 4 is 5.91 Å². The van der Waals surface area contributed by atoms with Crippen LogP contribution in [0.4, 0.5) is 0 Å². The Bertz CT molecular complexity index is 847. The van der Waals surface area contributed by atoms with Crippen LogP contribution in [-0.2, 0) is 16.0 Å². The molecule has 0 bridgehead atoms. The lowest BCUT2D eigenvalue weighted by atomic mass is 10.2. The van der Waals surface area contributed by atoms with Crippen LogP contribution in [0.1, 0.15) is 19.0 Å². The zero-order valence-electron chi connectivity index (χ0n) is 16.6. The molecule has 3 rings (SSSR count). The molecular formula is C20H27N5O4. The molecule has 1 aliphatic heterocycles. The number of amides is 1. The molecule has 1 saturated heterocycles. The minimum atomic E-state index is -0.329. The van der Waals surface area contributed by atoms with Crippen molar-refractivity contribution in [3.63, 3.8) is 0 Å². The summed E-state index contributed by atoms with van der Waals surface area (Å²) in [6.45, 7) is 7.14. The number of carbonyl (C=O) groups is 1. The van der Waals surface area contributed by atoms with Gasteiger partial charge in [-0.05, 0) is 31.2 Å². The van der Waals surface area contributed by atoms with Gasteiger partial charge in [-0.1, -0.05) is 0 Å². The number of nitrogens with zero attached hydrogens (tertiary/aromatic N) is 3. The summed E-state index contributed by atoms with van der Waals surface area (Å²) >= 11 is 0. The Morgan fingerprint density at radius 2 is 2.00 bits per heavy atom. The van der Waals surface area contributed by atoms with Gasteiger partial charge in [-0.25, -0.2) is 0 Å². The summed E-state index contributed by atoms with van der Waals surface area (Å²) in [6.07, 6.45) is 0.443. The summed E-state index contributed by atoms with van der Waals surface area (Å²) < 4.78 is 10.7. The molecule has 2 aromatic rings. The summed E-state index contributed by atoms with van der Waals surface area (Å²) in [5.74, 6) is 1.04. The molecule has 9 heteroatoms. The molecule has 1 aromatic carbocycles. The number of nitrogens with one attached hydrogen (secondary N) is 2. The van der Waals surface area contributed by atoms with Gasteiger partial charge in [0.2, 0.25) is 5.91 Å². The Labute approximate surface area is 169 Å². The average Bonchev–Trinajstić information content (AvgIpc) is 2.74. The van der Waals surface area contributed by atoms with E-state index in [4.69, 9.17) is 9.47 Å². The zero-order chi connectivity index (χ0) is 20.5. The topological polar surface area (TPSA) is 109 Å². The van der Waals surface area contributed by atoms with E-state index in [9.17, 15) is 9.59 Å². The van der Waals surface area contributed by atoms with Crippen molar-refractivity contribution in [1.82, 2.24) is 25.4 Å². The third-order valence-electron chi connectivity index (χ3n) is 4.65. The zero-order valence-corrected chi connectivity index (χ0v) is 16.6. The lowest BCUT2D eigenvalue weighted by molar-refractivity contribution is -0.121. The quantitative estimate of drug-likeness (QED) is 0.634. The van der Waals surface area contributed by atoms with Crippen LogP contribution in [-0.4, -0.2) is 72.0 Å². The number of benzene rings is 1. The minimum absolute atomic E-state index is 0.102. The number of hydrogen-bond donors (Lipinski definition) is 2. The van der Waals surface area contributed by atoms with E-state index < -0.39 is 0 Å². The van der Waals surface area contributed by atoms with E-state index in [2.05, 4.69) is 25.4 Å². The highest BCUT2D eigenvalue weighted by molar-refractivity contribution is 5.76. The normalized spacial score (nSPS) is 14.5. The smallest absolute Gasteiger partial charge is 0.273 e. The van der Waals surface area contributed by atoms with Crippen LogP contribution in [0.3, 0.4) is 0 Å². The lowest BCUT2D eigenvalue weighted by Crippen LogP contribution is -2.41. The molecule has 0 aliphatic carbocycles. The maximum atomic E-state index is 12.3. The van der Waals surface area contributed by atoms with Crippen molar-refractivity contribution in [2.45, 2.75) is 19.8 Å². The number of aryl methyl sites for hydroxylation is 1. The molecule has 1 amide bonds. The van der Waals surface area contributed by atoms with Crippen molar-refractivity contribution < 1.29 is 14.3 Å². The first-order valence-electron chi connectivity index (χ1n) is 9.91. The van der Waals surface area contributed by atoms with Crippen LogP contribution < -0.4 is 15.6 Å². The third-order valence-corrected chi connectivity index (χ3v) is 4.65. The summed E-state index contributed by atoms with van der Waals surface area (Å²) in [5.41, 5.74) is 0.665. The Balaban J connectivity index is 1.47. The highest BCUT2D eigenvalue weighted by atomic mass is 16.5. The lowest BCUT2D eigenvalue weighted by Gasteiger charge is -2.26. The summed E-state index contributed by atoms with van der Waals surface area (Å²) in [5, 5.41) is 11.0. The van der Waals surface area contributed by atoms with Gasteiger partial charge >= 0.3 is 0 Å². The van der Waals surface area contributed by atoms with Crippen LogP contribution in [0.5, 0.6) is 5.75 Å². The molecule has 1 fully saturated rings. The van der Waals surface area contributed by atoms with E-state index in [-0.39, 0.29) is 30.0 Å². The molecule has 1 aliphatic rings. The van der Waals surface area contributed by atoms with E-state index in [1.807, 2.05) is 31.2 Å². The molecule has 0 saturated carbocycles. The largest absolute Gasteiger partial charge is 0.494 e. The highest BCUT2D eigenvalue weighted by Crippen LogP contribution is 2.18. The van der Waals surface area contributed by atoms with E-state index in [1.54, 1.807) is 0 Å². The molecular weight excluding hydrogens is 374 g/mol. The molecule has 0 atom stereocenters. The first-order chi connectivity index (χ1) is 14.2. The Hall–Kier alpha value is -2.78. The van der Waals surface area contributed by atoms with Crippen molar-refractivity contribution in [2.24, 2.45) is 0 Å². The minimum Gasteiger partial charge on any atom is -0.494 e. The molecule has 29 heavy (non-hydrogen) atoms. The molecule has 9 nitrogen and oxygen atoms in total. The van der Waals surface area contributed by atoms with Crippen LogP contribution >= 0.6 is 0 Å². The number of rotatable bonds is 9. The fourth-order valence-corrected chi connectivity index (χ4v) is 3.03. The van der Waals surface area contributed by atoms with E-state index in [0.717, 1.165) is 44.2 Å². The molecule has 0 spiro atoms. The summed E-state index contributed by atoms with van der Waals surface area (Å²) in [6, 6.07) is 7.25. The van der Waals surface area contributed by atoms with Crippen molar-refractivity contribution in [1.29, 1.82) is 0 Å². The summed E-state index contributed by atoms with van der Waals surface area (Å²) in [4.78, 5) is 29.3. The van der Waals surface area contributed by atoms with Gasteiger partial charge in [0, 0.05) is 44.6 Å². The van der Waals surface area contributed by atoms with Crippen molar-refractivity contribution in [3.05, 3.63) is 40.3 Å². The van der Waals surface area contributed by atoms with Gasteiger partial charge < -0.3 is 19.8 Å². The monoisotopic (exact) mass is 401 g/mol. The van der Waals surface area contributed by atoms with E-state index >= 15 is 0 Å². The number of aromatic nitrogens is 3. The van der Waals surface area contributed by atoms with E-state index in [1.165, 1.54) is 0 Å².